The van der Waals surface area contributed by atoms with Crippen LogP contribution in [0.4, 0.5) is 5.69 Å². The van der Waals surface area contributed by atoms with Gasteiger partial charge < -0.3 is 9.15 Å². The Balaban J connectivity index is 1.49. The molecule has 0 saturated carbocycles. The SMILES string of the molecule is CCCc1cc(=O)oc2cc(OC(=O)C34CCC(=O)N3c3ccccc3S4)ccc12. The third-order valence-electron chi connectivity index (χ3n) is 5.52. The number of nitrogens with zero attached hydrogens (tertiary/aromatic N) is 1. The molecule has 3 aromatic rings. The molecular formula is C23H19NO5S. The second-order valence-corrected chi connectivity index (χ2v) is 8.79. The third-order valence-corrected chi connectivity index (χ3v) is 6.98. The van der Waals surface area contributed by atoms with Gasteiger partial charge in [0.25, 0.3) is 0 Å². The Bertz CT molecular complexity index is 1250. The summed E-state index contributed by atoms with van der Waals surface area (Å²) in [5.74, 6) is -0.298. The topological polar surface area (TPSA) is 76.8 Å². The lowest BCUT2D eigenvalue weighted by molar-refractivity contribution is -0.137. The lowest BCUT2D eigenvalue weighted by Crippen LogP contribution is -2.48. The standard InChI is InChI=1S/C23H19NO5S/c1-2-5-14-12-21(26)29-18-13-15(8-9-16(14)18)28-22(27)23-11-10-20(25)24(23)17-6-3-4-7-19(17)30-23/h3-4,6-9,12-13H,2,5,10-11H2,1H3. The van der Waals surface area contributed by atoms with Crippen molar-refractivity contribution in [3.8, 4) is 5.75 Å². The number of anilines is 1. The number of benzene rings is 2. The van der Waals surface area contributed by atoms with Gasteiger partial charge in [0.2, 0.25) is 5.91 Å². The molecule has 2 aliphatic heterocycles. The van der Waals surface area contributed by atoms with E-state index in [9.17, 15) is 14.4 Å². The van der Waals surface area contributed by atoms with E-state index in [4.69, 9.17) is 9.15 Å². The van der Waals surface area contributed by atoms with Crippen LogP contribution in [0.3, 0.4) is 0 Å². The molecular weight excluding hydrogens is 402 g/mol. The smallest absolute Gasteiger partial charge is 0.348 e. The van der Waals surface area contributed by atoms with E-state index < -0.39 is 16.5 Å². The monoisotopic (exact) mass is 421 g/mol. The Hall–Kier alpha value is -3.06. The fourth-order valence-corrected chi connectivity index (χ4v) is 5.60. The summed E-state index contributed by atoms with van der Waals surface area (Å²) in [6.07, 6.45) is 2.34. The van der Waals surface area contributed by atoms with E-state index in [1.165, 1.54) is 17.8 Å². The Morgan fingerprint density at radius 3 is 2.87 bits per heavy atom. The minimum Gasteiger partial charge on any atom is -0.424 e. The van der Waals surface area contributed by atoms with Crippen molar-refractivity contribution in [3.63, 3.8) is 0 Å². The number of ether oxygens (including phenoxy) is 1. The number of fused-ring (bicyclic) bond motifs is 4. The van der Waals surface area contributed by atoms with Crippen molar-refractivity contribution in [1.82, 2.24) is 0 Å². The largest absolute Gasteiger partial charge is 0.424 e. The first-order valence-corrected chi connectivity index (χ1v) is 10.7. The average molecular weight is 421 g/mol. The number of carbonyl (C=O) groups is 2. The molecule has 0 aliphatic carbocycles. The first-order chi connectivity index (χ1) is 14.5. The van der Waals surface area contributed by atoms with Crippen LogP contribution in [0.5, 0.6) is 5.75 Å². The summed E-state index contributed by atoms with van der Waals surface area (Å²) in [4.78, 5) is 39.1. The molecule has 30 heavy (non-hydrogen) atoms. The summed E-state index contributed by atoms with van der Waals surface area (Å²) in [5.41, 5.74) is 1.61. The maximum Gasteiger partial charge on any atom is 0.348 e. The summed E-state index contributed by atoms with van der Waals surface area (Å²) in [6, 6.07) is 14.1. The normalized spacial score (nSPS) is 19.8. The van der Waals surface area contributed by atoms with Crippen LogP contribution in [0, 0.1) is 0 Å². The van der Waals surface area contributed by atoms with Crippen molar-refractivity contribution in [2.24, 2.45) is 0 Å². The van der Waals surface area contributed by atoms with Crippen LogP contribution in [0.2, 0.25) is 0 Å². The number of hydrogen-bond donors (Lipinski definition) is 0. The minimum absolute atomic E-state index is 0.0851. The van der Waals surface area contributed by atoms with Crippen LogP contribution in [-0.2, 0) is 16.0 Å². The van der Waals surface area contributed by atoms with Crippen LogP contribution in [-0.4, -0.2) is 16.7 Å². The van der Waals surface area contributed by atoms with Crippen molar-refractivity contribution in [2.45, 2.75) is 42.4 Å². The van der Waals surface area contributed by atoms with E-state index in [-0.39, 0.29) is 11.7 Å². The van der Waals surface area contributed by atoms with Crippen LogP contribution >= 0.6 is 11.8 Å². The second kappa shape index (κ2) is 7.02. The summed E-state index contributed by atoms with van der Waals surface area (Å²) >= 11 is 1.36. The van der Waals surface area contributed by atoms with Gasteiger partial charge >= 0.3 is 11.6 Å². The Labute approximate surface area is 176 Å². The van der Waals surface area contributed by atoms with Crippen molar-refractivity contribution in [3.05, 3.63) is 64.5 Å². The fraction of sp³-hybridized carbons (Fsp3) is 0.261. The van der Waals surface area contributed by atoms with Crippen molar-refractivity contribution < 1.29 is 18.7 Å². The molecule has 2 aliphatic rings. The van der Waals surface area contributed by atoms with Gasteiger partial charge in [0.15, 0.2) is 4.87 Å². The molecule has 1 aromatic heterocycles. The molecule has 7 heteroatoms. The van der Waals surface area contributed by atoms with Gasteiger partial charge in [-0.05, 0) is 36.2 Å². The fourth-order valence-electron chi connectivity index (χ4n) is 4.21. The number of rotatable bonds is 4. The molecule has 1 amide bonds. The van der Waals surface area contributed by atoms with Gasteiger partial charge in [0, 0.05) is 35.3 Å². The van der Waals surface area contributed by atoms with E-state index >= 15 is 0 Å². The third kappa shape index (κ3) is 2.84. The highest BCUT2D eigenvalue weighted by Gasteiger charge is 2.58. The lowest BCUT2D eigenvalue weighted by atomic mass is 10.1. The number of carbonyl (C=O) groups excluding carboxylic acids is 2. The summed E-state index contributed by atoms with van der Waals surface area (Å²) in [6.45, 7) is 2.04. The summed E-state index contributed by atoms with van der Waals surface area (Å²) in [5, 5.41) is 0.828. The average Bonchev–Trinajstić information content (AvgIpc) is 3.24. The minimum atomic E-state index is -1.10. The zero-order chi connectivity index (χ0) is 20.9. The van der Waals surface area contributed by atoms with E-state index in [1.807, 2.05) is 31.2 Å². The van der Waals surface area contributed by atoms with Crippen LogP contribution in [0.25, 0.3) is 11.0 Å². The number of aryl methyl sites for hydroxylation is 1. The quantitative estimate of drug-likeness (QED) is 0.356. The van der Waals surface area contributed by atoms with Gasteiger partial charge in [-0.25, -0.2) is 9.59 Å². The first kappa shape index (κ1) is 18.9. The molecule has 0 bridgehead atoms. The molecule has 0 N–H and O–H groups in total. The van der Waals surface area contributed by atoms with Gasteiger partial charge in [-0.3, -0.25) is 9.69 Å². The van der Waals surface area contributed by atoms with Crippen LogP contribution in [0.15, 0.2) is 62.6 Å². The predicted octanol–water partition coefficient (Wildman–Crippen LogP) is 4.28. The molecule has 1 fully saturated rings. The molecule has 1 atom stereocenters. The molecule has 6 nitrogen and oxygen atoms in total. The lowest BCUT2D eigenvalue weighted by Gasteiger charge is -2.28. The highest BCUT2D eigenvalue weighted by atomic mass is 32.2. The maximum atomic E-state index is 13.3. The highest BCUT2D eigenvalue weighted by molar-refractivity contribution is 8.02. The maximum absolute atomic E-state index is 13.3. The number of thioether (sulfide) groups is 1. The van der Waals surface area contributed by atoms with Crippen molar-refractivity contribution in [1.29, 1.82) is 0 Å². The molecule has 0 spiro atoms. The number of hydrogen-bond acceptors (Lipinski definition) is 6. The van der Waals surface area contributed by atoms with Gasteiger partial charge in [-0.15, -0.1) is 0 Å². The number of esters is 1. The van der Waals surface area contributed by atoms with Gasteiger partial charge in [0.1, 0.15) is 11.3 Å². The van der Waals surface area contributed by atoms with Crippen LogP contribution < -0.4 is 15.3 Å². The van der Waals surface area contributed by atoms with Crippen LogP contribution in [0.1, 0.15) is 31.7 Å². The van der Waals surface area contributed by atoms with Gasteiger partial charge in [-0.2, -0.15) is 0 Å². The zero-order valence-corrected chi connectivity index (χ0v) is 17.2. The highest BCUT2D eigenvalue weighted by Crippen LogP contribution is 2.56. The van der Waals surface area contributed by atoms with Gasteiger partial charge in [-0.1, -0.05) is 37.2 Å². The molecule has 152 valence electrons. The molecule has 3 heterocycles. The zero-order valence-electron chi connectivity index (χ0n) is 16.3. The van der Waals surface area contributed by atoms with E-state index in [0.29, 0.717) is 18.4 Å². The molecule has 0 radical (unpaired) electrons. The predicted molar refractivity (Wildman–Crippen MR) is 114 cm³/mol. The number of amides is 1. The van der Waals surface area contributed by atoms with Crippen molar-refractivity contribution >= 4 is 40.3 Å². The van der Waals surface area contributed by atoms with E-state index in [1.54, 1.807) is 23.1 Å². The second-order valence-electron chi connectivity index (χ2n) is 7.47. The Morgan fingerprint density at radius 1 is 1.20 bits per heavy atom. The van der Waals surface area contributed by atoms with E-state index in [0.717, 1.165) is 34.4 Å². The molecule has 1 unspecified atom stereocenters. The molecule has 2 aromatic carbocycles. The Kier molecular flexibility index (Phi) is 4.43. The van der Waals surface area contributed by atoms with Gasteiger partial charge in [0.05, 0.1) is 5.69 Å². The summed E-state index contributed by atoms with van der Waals surface area (Å²) < 4.78 is 11.0. The number of para-hydroxylation sites is 1. The van der Waals surface area contributed by atoms with E-state index in [2.05, 4.69) is 0 Å². The Morgan fingerprint density at radius 2 is 2.03 bits per heavy atom. The first-order valence-electron chi connectivity index (χ1n) is 9.92. The summed E-state index contributed by atoms with van der Waals surface area (Å²) in [7, 11) is 0. The van der Waals surface area contributed by atoms with Crippen molar-refractivity contribution in [2.75, 3.05) is 4.90 Å². The molecule has 5 rings (SSSR count). The molecule has 1 saturated heterocycles.